The maximum atomic E-state index is 5.08. The van der Waals surface area contributed by atoms with Crippen LogP contribution in [0.25, 0.3) is 94.9 Å². The summed E-state index contributed by atoms with van der Waals surface area (Å²) in [6.07, 6.45) is 0. The Morgan fingerprint density at radius 1 is 0.286 bits per heavy atom. The van der Waals surface area contributed by atoms with Crippen LogP contribution in [0.3, 0.4) is 0 Å². The third-order valence-corrected chi connectivity index (χ3v) is 19.4. The maximum absolute atomic E-state index is 5.08. The molecule has 0 N–H and O–H groups in total. The molecule has 0 spiro atoms. The fourth-order valence-electron chi connectivity index (χ4n) is 11.7. The third kappa shape index (κ3) is 5.77. The van der Waals surface area contributed by atoms with E-state index in [1.165, 1.54) is 76.0 Å². The summed E-state index contributed by atoms with van der Waals surface area (Å²) in [4.78, 5) is 0. The SMILES string of the molecule is c1ccc(-c2nnc(-c3ccccc3-c3cccc4c3[Si-](c3ccccc3)(c3ccccc3)c3c-4cccc3-n3c4ccccc4c4c3c3ccccc3n4-c3ccccc3)n2-c2ccccc2)cc1. The van der Waals surface area contributed by atoms with Gasteiger partial charge in [-0.05, 0) is 67.2 Å². The topological polar surface area (TPSA) is 40.6 Å². The second-order valence-electron chi connectivity index (χ2n) is 18.1. The lowest BCUT2D eigenvalue weighted by molar-refractivity contribution is 1.07. The fraction of sp³-hybridized carbons (Fsp3) is 0. The summed E-state index contributed by atoms with van der Waals surface area (Å²) in [6, 6.07) is 95.3. The van der Waals surface area contributed by atoms with Gasteiger partial charge < -0.3 is 9.13 Å². The van der Waals surface area contributed by atoms with Crippen molar-refractivity contribution in [3.8, 4) is 62.1 Å². The lowest BCUT2D eigenvalue weighted by Gasteiger charge is -2.46. The van der Waals surface area contributed by atoms with Gasteiger partial charge >= 0.3 is 0 Å². The minimum atomic E-state index is -3.27. The van der Waals surface area contributed by atoms with E-state index in [2.05, 4.69) is 268 Å². The van der Waals surface area contributed by atoms with E-state index in [0.717, 1.165) is 39.7 Å². The Bertz CT molecular complexity index is 4060. The molecule has 1 aliphatic heterocycles. The van der Waals surface area contributed by atoms with Crippen LogP contribution < -0.4 is 20.7 Å². The maximum Gasteiger partial charge on any atom is 0.169 e. The van der Waals surface area contributed by atoms with Crippen LogP contribution in [0.5, 0.6) is 0 Å². The number of para-hydroxylation sites is 4. The molecule has 0 bridgehead atoms. The molecule has 0 saturated heterocycles. The molecule has 0 amide bonds. The molecule has 0 atom stereocenters. The highest BCUT2D eigenvalue weighted by molar-refractivity contribution is 7.23. The minimum Gasteiger partial charge on any atom is -0.310 e. The van der Waals surface area contributed by atoms with Gasteiger partial charge in [0.05, 0.1) is 22.1 Å². The first-order chi connectivity index (χ1) is 34.8. The number of aromatic nitrogens is 5. The van der Waals surface area contributed by atoms with E-state index >= 15 is 0 Å². The molecule has 14 rings (SSSR count). The van der Waals surface area contributed by atoms with Crippen LogP contribution in [0.1, 0.15) is 0 Å². The number of benzene rings is 10. The Balaban J connectivity index is 1.11. The number of nitrogens with zero attached hydrogens (tertiary/aromatic N) is 5. The monoisotopic (exact) mass is 909 g/mol. The van der Waals surface area contributed by atoms with Gasteiger partial charge in [0.1, 0.15) is 0 Å². The Hall–Kier alpha value is -9.10. The van der Waals surface area contributed by atoms with E-state index in [1.807, 2.05) is 6.07 Å². The summed E-state index contributed by atoms with van der Waals surface area (Å²) in [5.41, 5.74) is 15.0. The lowest BCUT2D eigenvalue weighted by atomic mass is 9.95. The average molecular weight is 910 g/mol. The fourth-order valence-corrected chi connectivity index (χ4v) is 17.3. The van der Waals surface area contributed by atoms with Crippen LogP contribution in [0.15, 0.2) is 261 Å². The minimum absolute atomic E-state index is 0.789. The Labute approximate surface area is 406 Å². The molecule has 329 valence electrons. The molecule has 3 aromatic heterocycles. The molecule has 70 heavy (non-hydrogen) atoms. The van der Waals surface area contributed by atoms with E-state index in [9.17, 15) is 0 Å². The molecule has 6 heteroatoms. The Morgan fingerprint density at radius 3 is 1.31 bits per heavy atom. The summed E-state index contributed by atoms with van der Waals surface area (Å²) in [5.74, 6) is 1.58. The van der Waals surface area contributed by atoms with E-state index in [4.69, 9.17) is 10.2 Å². The number of rotatable bonds is 8. The molecule has 0 fully saturated rings. The van der Waals surface area contributed by atoms with Crippen molar-refractivity contribution in [2.75, 3.05) is 0 Å². The highest BCUT2D eigenvalue weighted by Crippen LogP contribution is 2.44. The number of hydrogen-bond acceptors (Lipinski definition) is 2. The van der Waals surface area contributed by atoms with Crippen molar-refractivity contribution >= 4 is 61.7 Å². The molecule has 0 saturated carbocycles. The van der Waals surface area contributed by atoms with Gasteiger partial charge in [0, 0.05) is 39.0 Å². The molecule has 4 heterocycles. The van der Waals surface area contributed by atoms with Crippen molar-refractivity contribution in [3.05, 3.63) is 261 Å². The van der Waals surface area contributed by atoms with Crippen LogP contribution in [-0.2, 0) is 0 Å². The second-order valence-corrected chi connectivity index (χ2v) is 21.7. The molecular formula is C64H43N5Si-. The summed E-state index contributed by atoms with van der Waals surface area (Å²) >= 11 is 0. The van der Waals surface area contributed by atoms with Crippen molar-refractivity contribution < 1.29 is 0 Å². The zero-order valence-corrected chi connectivity index (χ0v) is 39.1. The number of fused-ring (bicyclic) bond motifs is 8. The zero-order chi connectivity index (χ0) is 46.2. The first-order valence-corrected chi connectivity index (χ1v) is 25.9. The van der Waals surface area contributed by atoms with E-state index in [1.54, 1.807) is 0 Å². The molecule has 0 unspecified atom stereocenters. The molecule has 10 aromatic carbocycles. The highest BCUT2D eigenvalue weighted by Gasteiger charge is 2.41. The predicted octanol–water partition coefficient (Wildman–Crippen LogP) is 12.7. The van der Waals surface area contributed by atoms with Crippen LogP contribution in [0, 0.1) is 0 Å². The number of hydrogen-bond donors (Lipinski definition) is 0. The van der Waals surface area contributed by atoms with Gasteiger partial charge in [-0.25, -0.2) is 0 Å². The van der Waals surface area contributed by atoms with Crippen molar-refractivity contribution in [1.82, 2.24) is 23.9 Å². The summed E-state index contributed by atoms with van der Waals surface area (Å²) in [5, 5.41) is 17.9. The van der Waals surface area contributed by atoms with Gasteiger partial charge in [0.25, 0.3) is 0 Å². The third-order valence-electron chi connectivity index (χ3n) is 14.5. The summed E-state index contributed by atoms with van der Waals surface area (Å²) < 4.78 is 7.29. The van der Waals surface area contributed by atoms with Gasteiger partial charge in [-0.2, -0.15) is 15.6 Å². The van der Waals surface area contributed by atoms with Crippen LogP contribution in [-0.4, -0.2) is 32.0 Å². The van der Waals surface area contributed by atoms with E-state index < -0.39 is 8.07 Å². The second kappa shape index (κ2) is 16.0. The van der Waals surface area contributed by atoms with Crippen LogP contribution in [0.2, 0.25) is 0 Å². The van der Waals surface area contributed by atoms with Crippen LogP contribution >= 0.6 is 0 Å². The first kappa shape index (κ1) is 40.0. The lowest BCUT2D eigenvalue weighted by Crippen LogP contribution is -2.73. The van der Waals surface area contributed by atoms with Crippen molar-refractivity contribution in [2.45, 2.75) is 0 Å². The summed E-state index contributed by atoms with van der Waals surface area (Å²) in [6.45, 7) is 0. The van der Waals surface area contributed by atoms with Gasteiger partial charge in [0.2, 0.25) is 0 Å². The van der Waals surface area contributed by atoms with Crippen molar-refractivity contribution in [2.24, 2.45) is 0 Å². The molecule has 0 aliphatic carbocycles. The molecule has 5 nitrogen and oxygen atoms in total. The Kier molecular flexibility index (Phi) is 9.15. The average Bonchev–Trinajstić information content (AvgIpc) is 4.20. The standard InChI is InChI=1S/C64H43N5Si/c1-6-24-44(25-7-1)63-65-66-64(68(63)46-28-10-3-11-29-46)53-35-17-16-34-49(53)50-38-22-39-51-52-40-23-43-58(62(52)70(61(50)51,47-30-12-4-13-31-47)48-32-14-5-15-33-48)69-57-42-21-19-37-55(57)59-60(69)54-36-18-20-41-56(54)67(59)45-26-8-2-9-27-45/h1-43H/q-1. The molecule has 13 aromatic rings. The van der Waals surface area contributed by atoms with Crippen molar-refractivity contribution in [3.63, 3.8) is 0 Å². The van der Waals surface area contributed by atoms with E-state index in [0.29, 0.717) is 0 Å². The first-order valence-electron chi connectivity index (χ1n) is 23.9. The Morgan fingerprint density at radius 2 is 0.700 bits per heavy atom. The van der Waals surface area contributed by atoms with Crippen LogP contribution in [0.4, 0.5) is 0 Å². The smallest absolute Gasteiger partial charge is 0.169 e. The molecule has 1 aliphatic rings. The van der Waals surface area contributed by atoms with Gasteiger partial charge in [-0.1, -0.05) is 224 Å². The molecular weight excluding hydrogens is 867 g/mol. The quantitative estimate of drug-likeness (QED) is 0.143. The highest BCUT2D eigenvalue weighted by atomic mass is 28.3. The predicted molar refractivity (Wildman–Crippen MR) is 291 cm³/mol. The molecule has 0 radical (unpaired) electrons. The van der Waals surface area contributed by atoms with Gasteiger partial charge in [-0.3, -0.25) is 4.57 Å². The van der Waals surface area contributed by atoms with E-state index in [-0.39, 0.29) is 0 Å². The largest absolute Gasteiger partial charge is 0.310 e. The van der Waals surface area contributed by atoms with Crippen molar-refractivity contribution in [1.29, 1.82) is 0 Å². The van der Waals surface area contributed by atoms with Gasteiger partial charge in [-0.15, -0.1) is 15.4 Å². The van der Waals surface area contributed by atoms with Gasteiger partial charge in [0.15, 0.2) is 11.6 Å². The zero-order valence-electron chi connectivity index (χ0n) is 38.1. The normalized spacial score (nSPS) is 12.7. The summed E-state index contributed by atoms with van der Waals surface area (Å²) in [7, 11) is -3.27.